The third-order valence-corrected chi connectivity index (χ3v) is 9.20. The molecule has 0 aliphatic heterocycles. The van der Waals surface area contributed by atoms with Crippen molar-refractivity contribution in [3.05, 3.63) is 45.0 Å². The molecule has 0 aromatic carbocycles. The number of thiophene rings is 2. The van der Waals surface area contributed by atoms with Crippen LogP contribution in [0.2, 0.25) is 0 Å². The Morgan fingerprint density at radius 2 is 2.24 bits per heavy atom. The van der Waals surface area contributed by atoms with Crippen molar-refractivity contribution in [3.8, 4) is 17.5 Å². The highest BCUT2D eigenvalue weighted by atomic mass is 32.2. The Kier molecular flexibility index (Phi) is 7.31. The zero-order valence-corrected chi connectivity index (χ0v) is 22.4. The number of anilines is 1. The van der Waals surface area contributed by atoms with Crippen molar-refractivity contribution < 1.29 is 4.79 Å². The number of carbonyl (C=O) groups is 1. The Bertz CT molecular complexity index is 1250. The number of nitrogens with zero attached hydrogens (tertiary/aromatic N) is 4. The lowest BCUT2D eigenvalue weighted by molar-refractivity contribution is -0.113. The smallest absolute Gasteiger partial charge is 0.235 e. The number of aryl methyl sites for hydroxylation is 1. The largest absolute Gasteiger partial charge is 0.316 e. The summed E-state index contributed by atoms with van der Waals surface area (Å²) in [4.78, 5) is 15.3. The number of thioether (sulfide) groups is 1. The molecule has 1 aliphatic carbocycles. The van der Waals surface area contributed by atoms with Gasteiger partial charge in [-0.3, -0.25) is 9.36 Å². The fraction of sp³-hybridized carbons (Fsp3) is 0.440. The number of fused-ring (bicyclic) bond motifs is 1. The molecule has 1 amide bonds. The van der Waals surface area contributed by atoms with Gasteiger partial charge in [0.1, 0.15) is 11.1 Å². The van der Waals surface area contributed by atoms with Crippen LogP contribution in [-0.4, -0.2) is 26.4 Å². The molecule has 4 rings (SSSR count). The van der Waals surface area contributed by atoms with Crippen LogP contribution >= 0.6 is 34.4 Å². The molecule has 6 nitrogen and oxygen atoms in total. The van der Waals surface area contributed by atoms with Crippen molar-refractivity contribution in [1.82, 2.24) is 14.8 Å². The molecule has 1 atom stereocenters. The summed E-state index contributed by atoms with van der Waals surface area (Å²) in [6.45, 7) is 13.3. The van der Waals surface area contributed by atoms with E-state index in [1.807, 2.05) is 4.57 Å². The third kappa shape index (κ3) is 5.14. The molecule has 34 heavy (non-hydrogen) atoms. The standard InChI is InChI=1S/C25H29N5OS3/c1-6-9-30-22(16-10-15(2)32-13-16)28-29-24(30)33-14-21(31)27-23-19(12-26)18-8-7-17(25(3,4)5)11-20(18)34-23/h6,10,13,17H,1,7-9,11,14H2,2-5H3,(H,27,31). The van der Waals surface area contributed by atoms with Gasteiger partial charge in [0, 0.05) is 27.2 Å². The zero-order valence-electron chi connectivity index (χ0n) is 20.0. The summed E-state index contributed by atoms with van der Waals surface area (Å²) in [5.41, 5.74) is 3.01. The molecule has 3 heterocycles. The highest BCUT2D eigenvalue weighted by Gasteiger charge is 2.32. The van der Waals surface area contributed by atoms with Gasteiger partial charge in [0.2, 0.25) is 5.91 Å². The first-order valence-electron chi connectivity index (χ1n) is 11.3. The molecule has 0 fully saturated rings. The second-order valence-electron chi connectivity index (χ2n) is 9.61. The van der Waals surface area contributed by atoms with Gasteiger partial charge in [0.25, 0.3) is 0 Å². The second-order valence-corrected chi connectivity index (χ2v) is 12.8. The minimum Gasteiger partial charge on any atom is -0.316 e. The molecular weight excluding hydrogens is 483 g/mol. The van der Waals surface area contributed by atoms with Crippen LogP contribution in [0.4, 0.5) is 5.00 Å². The molecule has 178 valence electrons. The molecule has 0 bridgehead atoms. The first-order chi connectivity index (χ1) is 16.2. The van der Waals surface area contributed by atoms with Gasteiger partial charge in [-0.25, -0.2) is 0 Å². The van der Waals surface area contributed by atoms with Crippen LogP contribution in [-0.2, 0) is 24.2 Å². The number of allylic oxidation sites excluding steroid dienone is 1. The summed E-state index contributed by atoms with van der Waals surface area (Å²) < 4.78 is 1.98. The number of hydrogen-bond donors (Lipinski definition) is 1. The van der Waals surface area contributed by atoms with Gasteiger partial charge in [-0.15, -0.1) is 39.4 Å². The maximum atomic E-state index is 12.8. The Labute approximate surface area is 213 Å². The van der Waals surface area contributed by atoms with Crippen LogP contribution < -0.4 is 5.32 Å². The minimum absolute atomic E-state index is 0.145. The van der Waals surface area contributed by atoms with Crippen molar-refractivity contribution in [3.63, 3.8) is 0 Å². The van der Waals surface area contributed by atoms with Gasteiger partial charge < -0.3 is 5.32 Å². The van der Waals surface area contributed by atoms with E-state index in [0.717, 1.165) is 36.2 Å². The minimum atomic E-state index is -0.145. The van der Waals surface area contributed by atoms with Crippen molar-refractivity contribution in [2.24, 2.45) is 11.3 Å². The normalized spacial score (nSPS) is 15.6. The lowest BCUT2D eigenvalue weighted by atomic mass is 9.72. The summed E-state index contributed by atoms with van der Waals surface area (Å²) in [5.74, 6) is 1.41. The number of carbonyl (C=O) groups excluding carboxylic acids is 1. The van der Waals surface area contributed by atoms with Gasteiger partial charge in [0.15, 0.2) is 11.0 Å². The monoisotopic (exact) mass is 511 g/mol. The van der Waals surface area contributed by atoms with E-state index in [0.29, 0.717) is 28.2 Å². The van der Waals surface area contributed by atoms with Crippen LogP contribution in [0.3, 0.4) is 0 Å². The van der Waals surface area contributed by atoms with Crippen LogP contribution in [0.5, 0.6) is 0 Å². The number of nitriles is 1. The lowest BCUT2D eigenvalue weighted by Crippen LogP contribution is -2.26. The SMILES string of the molecule is C=CCn1c(SCC(=O)Nc2sc3c(c2C#N)CCC(C(C)(C)C)C3)nnc1-c1csc(C)c1. The molecule has 0 saturated heterocycles. The quantitative estimate of drug-likeness (QED) is 0.297. The third-order valence-electron chi connectivity index (χ3n) is 6.20. The topological polar surface area (TPSA) is 83.6 Å². The van der Waals surface area contributed by atoms with E-state index in [2.05, 4.69) is 67.3 Å². The maximum Gasteiger partial charge on any atom is 0.235 e. The van der Waals surface area contributed by atoms with Gasteiger partial charge >= 0.3 is 0 Å². The molecule has 1 N–H and O–H groups in total. The first kappa shape index (κ1) is 24.7. The molecular formula is C25H29N5OS3. The van der Waals surface area contributed by atoms with Gasteiger partial charge in [-0.2, -0.15) is 5.26 Å². The van der Waals surface area contributed by atoms with Crippen molar-refractivity contribution in [2.45, 2.75) is 58.7 Å². The molecule has 0 radical (unpaired) electrons. The lowest BCUT2D eigenvalue weighted by Gasteiger charge is -2.33. The Morgan fingerprint density at radius 1 is 1.44 bits per heavy atom. The number of rotatable bonds is 7. The van der Waals surface area contributed by atoms with Crippen molar-refractivity contribution in [2.75, 3.05) is 11.1 Å². The molecule has 0 saturated carbocycles. The average molecular weight is 512 g/mol. The average Bonchev–Trinajstić information content (AvgIpc) is 3.47. The molecule has 1 unspecified atom stereocenters. The Hall–Kier alpha value is -2.41. The van der Waals surface area contributed by atoms with E-state index in [-0.39, 0.29) is 17.1 Å². The predicted octanol–water partition coefficient (Wildman–Crippen LogP) is 6.32. The first-order valence-corrected chi connectivity index (χ1v) is 14.0. The van der Waals surface area contributed by atoms with Gasteiger partial charge in [-0.1, -0.05) is 38.6 Å². The summed E-state index contributed by atoms with van der Waals surface area (Å²) in [5, 5.41) is 24.9. The van der Waals surface area contributed by atoms with Crippen LogP contribution in [0.15, 0.2) is 29.3 Å². The summed E-state index contributed by atoms with van der Waals surface area (Å²) in [6.07, 6.45) is 4.75. The number of aromatic nitrogens is 3. The molecule has 3 aromatic rings. The Morgan fingerprint density at radius 3 is 2.88 bits per heavy atom. The van der Waals surface area contributed by atoms with Crippen molar-refractivity contribution in [1.29, 1.82) is 5.26 Å². The van der Waals surface area contributed by atoms with E-state index < -0.39 is 0 Å². The highest BCUT2D eigenvalue weighted by molar-refractivity contribution is 7.99. The second kappa shape index (κ2) is 10.1. The number of hydrogen-bond acceptors (Lipinski definition) is 7. The highest BCUT2D eigenvalue weighted by Crippen LogP contribution is 2.44. The number of nitrogens with one attached hydrogen (secondary N) is 1. The van der Waals surface area contributed by atoms with E-state index in [9.17, 15) is 10.1 Å². The Balaban J connectivity index is 1.46. The molecule has 1 aliphatic rings. The van der Waals surface area contributed by atoms with Gasteiger partial charge in [-0.05, 0) is 49.1 Å². The van der Waals surface area contributed by atoms with Crippen LogP contribution in [0.25, 0.3) is 11.4 Å². The van der Waals surface area contributed by atoms with Gasteiger partial charge in [0.05, 0.1) is 11.3 Å². The summed E-state index contributed by atoms with van der Waals surface area (Å²) >= 11 is 4.57. The fourth-order valence-corrected chi connectivity index (χ4v) is 7.01. The fourth-order valence-electron chi connectivity index (χ4n) is 4.29. The zero-order chi connectivity index (χ0) is 24.5. The van der Waals surface area contributed by atoms with Crippen LogP contribution in [0.1, 0.15) is 48.1 Å². The van der Waals surface area contributed by atoms with E-state index in [1.54, 1.807) is 28.7 Å². The summed E-state index contributed by atoms with van der Waals surface area (Å²) in [7, 11) is 0. The van der Waals surface area contributed by atoms with Crippen LogP contribution in [0, 0.1) is 29.6 Å². The number of amides is 1. The van der Waals surface area contributed by atoms with E-state index in [4.69, 9.17) is 0 Å². The molecule has 0 spiro atoms. The maximum absolute atomic E-state index is 12.8. The summed E-state index contributed by atoms with van der Waals surface area (Å²) in [6, 6.07) is 4.42. The van der Waals surface area contributed by atoms with E-state index >= 15 is 0 Å². The predicted molar refractivity (Wildman–Crippen MR) is 142 cm³/mol. The van der Waals surface area contributed by atoms with E-state index in [1.165, 1.54) is 21.5 Å². The van der Waals surface area contributed by atoms with Crippen molar-refractivity contribution >= 4 is 45.3 Å². The molecule has 3 aromatic heterocycles. The molecule has 9 heteroatoms.